The van der Waals surface area contributed by atoms with E-state index in [-0.39, 0.29) is 17.2 Å². The predicted octanol–water partition coefficient (Wildman–Crippen LogP) is 3.29. The topological polar surface area (TPSA) is 92.3 Å². The van der Waals surface area contributed by atoms with Gasteiger partial charge in [0.1, 0.15) is 0 Å². The second-order valence-corrected chi connectivity index (χ2v) is 10.4. The first-order valence-corrected chi connectivity index (χ1v) is 12.2. The van der Waals surface area contributed by atoms with Crippen molar-refractivity contribution in [2.45, 2.75) is 28.5 Å². The number of carbonyl (C=O) groups is 1. The lowest BCUT2D eigenvalue weighted by molar-refractivity contribution is 0.101. The van der Waals surface area contributed by atoms with Crippen LogP contribution in [0.3, 0.4) is 0 Å². The number of sulfonamides is 1. The van der Waals surface area contributed by atoms with E-state index in [1.807, 2.05) is 0 Å². The molecule has 1 aliphatic rings. The van der Waals surface area contributed by atoms with Gasteiger partial charge in [0.15, 0.2) is 10.1 Å². The molecule has 1 fully saturated rings. The largest absolute Gasteiger partial charge is 0.353 e. The number of anilines is 1. The quantitative estimate of drug-likeness (QED) is 0.365. The first kappa shape index (κ1) is 21.0. The van der Waals surface area contributed by atoms with Crippen molar-refractivity contribution in [3.8, 4) is 0 Å². The Balaban J connectivity index is 1.59. The second kappa shape index (κ2) is 9.64. The van der Waals surface area contributed by atoms with Crippen LogP contribution in [0.2, 0.25) is 0 Å². The van der Waals surface area contributed by atoms with E-state index in [0.717, 1.165) is 29.4 Å². The molecule has 0 bridgehead atoms. The summed E-state index contributed by atoms with van der Waals surface area (Å²) in [4.78, 5) is 12.6. The molecule has 0 spiro atoms. The molecule has 0 radical (unpaired) electrons. The van der Waals surface area contributed by atoms with Gasteiger partial charge in [-0.05, 0) is 37.1 Å². The summed E-state index contributed by atoms with van der Waals surface area (Å²) >= 11 is 2.90. The third-order valence-corrected chi connectivity index (χ3v) is 8.18. The Morgan fingerprint density at radius 3 is 2.61 bits per heavy atom. The molecule has 2 heterocycles. The first-order valence-electron chi connectivity index (χ1n) is 8.95. The average Bonchev–Trinajstić information content (AvgIpc) is 3.19. The summed E-state index contributed by atoms with van der Waals surface area (Å²) in [6.07, 6.45) is 4.63. The minimum absolute atomic E-state index is 0.0684. The van der Waals surface area contributed by atoms with E-state index in [9.17, 15) is 13.2 Å². The lowest BCUT2D eigenvalue weighted by atomic mass is 10.1. The molecule has 0 saturated carbocycles. The third-order valence-electron chi connectivity index (χ3n) is 4.26. The molecule has 150 valence electrons. The Morgan fingerprint density at radius 2 is 1.93 bits per heavy atom. The van der Waals surface area contributed by atoms with Gasteiger partial charge >= 0.3 is 0 Å². The Bertz CT molecular complexity index is 920. The minimum atomic E-state index is -3.48. The van der Waals surface area contributed by atoms with E-state index in [1.54, 1.807) is 18.2 Å². The molecule has 10 heteroatoms. The van der Waals surface area contributed by atoms with Gasteiger partial charge in [0.2, 0.25) is 15.2 Å². The summed E-state index contributed by atoms with van der Waals surface area (Å²) < 4.78 is 27.7. The van der Waals surface area contributed by atoms with E-state index < -0.39 is 10.0 Å². The number of piperidine rings is 1. The zero-order valence-corrected chi connectivity index (χ0v) is 17.8. The minimum Gasteiger partial charge on any atom is -0.353 e. The summed E-state index contributed by atoms with van der Waals surface area (Å²) in [6.45, 7) is 4.84. The van der Waals surface area contributed by atoms with Crippen molar-refractivity contribution in [1.82, 2.24) is 14.5 Å². The van der Waals surface area contributed by atoms with Crippen LogP contribution in [0.5, 0.6) is 0 Å². The molecular formula is C18H22N4O3S3. The molecule has 1 saturated heterocycles. The van der Waals surface area contributed by atoms with Crippen molar-refractivity contribution in [3.63, 3.8) is 0 Å². The van der Waals surface area contributed by atoms with Gasteiger partial charge in [0.25, 0.3) is 0 Å². The number of rotatable bonds is 9. The van der Waals surface area contributed by atoms with Gasteiger partial charge < -0.3 is 5.32 Å². The molecule has 2 aromatic rings. The summed E-state index contributed by atoms with van der Waals surface area (Å²) in [6, 6.07) is 6.14. The molecule has 1 N–H and O–H groups in total. The van der Waals surface area contributed by atoms with E-state index in [0.29, 0.717) is 23.8 Å². The van der Waals surface area contributed by atoms with Crippen molar-refractivity contribution in [3.05, 3.63) is 42.5 Å². The highest BCUT2D eigenvalue weighted by molar-refractivity contribution is 8.01. The number of nitrogens with zero attached hydrogens (tertiary/aromatic N) is 3. The fourth-order valence-corrected chi connectivity index (χ4v) is 5.82. The van der Waals surface area contributed by atoms with Crippen LogP contribution in [-0.2, 0) is 10.0 Å². The van der Waals surface area contributed by atoms with Gasteiger partial charge in [-0.25, -0.2) is 8.42 Å². The number of hydrogen-bond donors (Lipinski definition) is 1. The third kappa shape index (κ3) is 5.19. The molecule has 0 unspecified atom stereocenters. The zero-order chi connectivity index (χ0) is 20.0. The van der Waals surface area contributed by atoms with E-state index in [4.69, 9.17) is 0 Å². The number of aromatic nitrogens is 2. The van der Waals surface area contributed by atoms with Gasteiger partial charge in [-0.2, -0.15) is 4.31 Å². The number of thioether (sulfide) groups is 1. The number of benzene rings is 1. The molecule has 3 rings (SSSR count). The van der Waals surface area contributed by atoms with Gasteiger partial charge in [0.05, 0.1) is 11.4 Å². The number of hydrogen-bond acceptors (Lipinski definition) is 8. The molecule has 0 atom stereocenters. The fourth-order valence-electron chi connectivity index (χ4n) is 2.79. The second-order valence-electron chi connectivity index (χ2n) is 6.24. The van der Waals surface area contributed by atoms with Crippen LogP contribution in [0.1, 0.15) is 29.6 Å². The van der Waals surface area contributed by atoms with Gasteiger partial charge in [0, 0.05) is 24.4 Å². The van der Waals surface area contributed by atoms with Crippen LogP contribution in [0, 0.1) is 0 Å². The zero-order valence-electron chi connectivity index (χ0n) is 15.3. The molecule has 0 aliphatic carbocycles. The standard InChI is InChI=1S/C18H22N4O3S3/c1-2-12-26-18-21-20-17(27-18)19-13-16(23)14-6-8-15(9-7-14)28(24,25)22-10-4-3-5-11-22/h2,6-9H,1,3-5,10-13H2,(H,19,20). The Kier molecular flexibility index (Phi) is 7.22. The maximum Gasteiger partial charge on any atom is 0.243 e. The Morgan fingerprint density at radius 1 is 1.21 bits per heavy atom. The molecule has 28 heavy (non-hydrogen) atoms. The fraction of sp³-hybridized carbons (Fsp3) is 0.389. The molecule has 1 aromatic heterocycles. The van der Waals surface area contributed by atoms with Gasteiger partial charge in [-0.3, -0.25) is 4.79 Å². The van der Waals surface area contributed by atoms with Crippen molar-refractivity contribution >= 4 is 44.0 Å². The maximum atomic E-state index is 12.7. The van der Waals surface area contributed by atoms with Crippen LogP contribution in [0.4, 0.5) is 5.13 Å². The monoisotopic (exact) mass is 438 g/mol. The van der Waals surface area contributed by atoms with Crippen LogP contribution < -0.4 is 5.32 Å². The van der Waals surface area contributed by atoms with Crippen LogP contribution in [0.25, 0.3) is 0 Å². The smallest absolute Gasteiger partial charge is 0.243 e. The van der Waals surface area contributed by atoms with Gasteiger partial charge in [-0.15, -0.1) is 16.8 Å². The highest BCUT2D eigenvalue weighted by atomic mass is 32.2. The van der Waals surface area contributed by atoms with Crippen LogP contribution >= 0.6 is 23.1 Å². The lowest BCUT2D eigenvalue weighted by Gasteiger charge is -2.25. The molecule has 0 amide bonds. The number of carbonyl (C=O) groups excluding carboxylic acids is 1. The summed E-state index contributed by atoms with van der Waals surface area (Å²) in [5, 5.41) is 11.6. The highest BCUT2D eigenvalue weighted by Gasteiger charge is 2.25. The number of ketones is 1. The summed E-state index contributed by atoms with van der Waals surface area (Å²) in [5.41, 5.74) is 0.455. The predicted molar refractivity (Wildman–Crippen MR) is 113 cm³/mol. The first-order chi connectivity index (χ1) is 13.5. The maximum absolute atomic E-state index is 12.7. The molecule has 1 aliphatic heterocycles. The van der Waals surface area contributed by atoms with Crippen molar-refractivity contribution in [2.75, 3.05) is 30.7 Å². The summed E-state index contributed by atoms with van der Waals surface area (Å²) in [7, 11) is -3.48. The number of Topliss-reactive ketones (excluding diaryl/α,β-unsaturated/α-hetero) is 1. The van der Waals surface area contributed by atoms with Crippen molar-refractivity contribution < 1.29 is 13.2 Å². The molecular weight excluding hydrogens is 416 g/mol. The highest BCUT2D eigenvalue weighted by Crippen LogP contribution is 2.25. The number of nitrogens with one attached hydrogen (secondary N) is 1. The normalized spacial score (nSPS) is 15.3. The Hall–Kier alpha value is -1.75. The Labute approximate surface area is 173 Å². The van der Waals surface area contributed by atoms with E-state index in [1.165, 1.54) is 39.5 Å². The van der Waals surface area contributed by atoms with Gasteiger partial charge in [-0.1, -0.05) is 35.6 Å². The van der Waals surface area contributed by atoms with Crippen LogP contribution in [-0.4, -0.2) is 54.1 Å². The van der Waals surface area contributed by atoms with Crippen molar-refractivity contribution in [2.24, 2.45) is 0 Å². The average molecular weight is 439 g/mol. The molecule has 1 aromatic carbocycles. The summed E-state index contributed by atoms with van der Waals surface area (Å²) in [5.74, 6) is 0.609. The van der Waals surface area contributed by atoms with E-state index in [2.05, 4.69) is 22.1 Å². The van der Waals surface area contributed by atoms with Crippen LogP contribution in [0.15, 0.2) is 46.2 Å². The molecule has 7 nitrogen and oxygen atoms in total. The SMILES string of the molecule is C=CCSc1nnc(NCC(=O)c2ccc(S(=O)(=O)N3CCCCC3)cc2)s1. The van der Waals surface area contributed by atoms with E-state index >= 15 is 0 Å². The van der Waals surface area contributed by atoms with Crippen molar-refractivity contribution in [1.29, 1.82) is 0 Å². The lowest BCUT2D eigenvalue weighted by Crippen LogP contribution is -2.35.